The largest absolute Gasteiger partial charge is 0.508 e. The number of halogens is 1. The molecule has 0 amide bonds. The molecule has 0 bridgehead atoms. The molecule has 0 aromatic heterocycles. The fourth-order valence-electron chi connectivity index (χ4n) is 4.46. The highest BCUT2D eigenvalue weighted by Gasteiger charge is 2.32. The van der Waals surface area contributed by atoms with Crippen LogP contribution in [0.2, 0.25) is 0 Å². The molecule has 0 aliphatic rings. The first-order valence-electron chi connectivity index (χ1n) is 11.1. The minimum Gasteiger partial charge on any atom is -0.508 e. The van der Waals surface area contributed by atoms with Crippen LogP contribution in [0.5, 0.6) is 11.5 Å². The summed E-state index contributed by atoms with van der Waals surface area (Å²) >= 11 is 0. The number of aryl methyl sites for hydroxylation is 1. The smallest absolute Gasteiger partial charge is 0.165 e. The second kappa shape index (κ2) is 8.40. The van der Waals surface area contributed by atoms with Crippen molar-refractivity contribution in [3.63, 3.8) is 0 Å². The molecule has 3 heteroatoms. The fourth-order valence-corrected chi connectivity index (χ4v) is 4.46. The van der Waals surface area contributed by atoms with Gasteiger partial charge in [0.15, 0.2) is 11.6 Å². The SMILES string of the molecule is Cc1ccc(C(C)(c2ccc(O)cc2)c2ccc(C(C)(C)c3ccc(O)c(F)c3)cc2)cc1. The van der Waals surface area contributed by atoms with Crippen LogP contribution in [0.1, 0.15) is 54.2 Å². The Morgan fingerprint density at radius 1 is 0.576 bits per heavy atom. The van der Waals surface area contributed by atoms with Gasteiger partial charge in [-0.3, -0.25) is 0 Å². The van der Waals surface area contributed by atoms with Gasteiger partial charge >= 0.3 is 0 Å². The molecule has 4 rings (SSSR count). The molecule has 4 aromatic rings. The lowest BCUT2D eigenvalue weighted by molar-refractivity contribution is 0.430. The molecule has 33 heavy (non-hydrogen) atoms. The van der Waals surface area contributed by atoms with Gasteiger partial charge in [0.05, 0.1) is 0 Å². The third kappa shape index (κ3) is 4.11. The highest BCUT2D eigenvalue weighted by atomic mass is 19.1. The lowest BCUT2D eigenvalue weighted by atomic mass is 9.70. The van der Waals surface area contributed by atoms with Gasteiger partial charge < -0.3 is 10.2 Å². The van der Waals surface area contributed by atoms with Crippen LogP contribution in [0.3, 0.4) is 0 Å². The second-order valence-electron chi connectivity index (χ2n) is 9.41. The van der Waals surface area contributed by atoms with E-state index in [0.29, 0.717) is 0 Å². The van der Waals surface area contributed by atoms with Gasteiger partial charge in [0, 0.05) is 10.8 Å². The van der Waals surface area contributed by atoms with Crippen molar-refractivity contribution >= 4 is 0 Å². The zero-order chi connectivity index (χ0) is 23.8. The quantitative estimate of drug-likeness (QED) is 0.322. The van der Waals surface area contributed by atoms with Gasteiger partial charge in [-0.25, -0.2) is 4.39 Å². The minimum absolute atomic E-state index is 0.239. The van der Waals surface area contributed by atoms with Crippen LogP contribution in [0, 0.1) is 12.7 Å². The summed E-state index contributed by atoms with van der Waals surface area (Å²) in [5, 5.41) is 19.4. The number of phenols is 2. The number of aromatic hydroxyl groups is 2. The van der Waals surface area contributed by atoms with Gasteiger partial charge in [-0.05, 0) is 65.9 Å². The predicted octanol–water partition coefficient (Wildman–Crippen LogP) is 7.23. The Balaban J connectivity index is 1.80. The summed E-state index contributed by atoms with van der Waals surface area (Å²) < 4.78 is 14.0. The van der Waals surface area contributed by atoms with Crippen LogP contribution in [0.15, 0.2) is 91.0 Å². The first-order valence-corrected chi connectivity index (χ1v) is 11.1. The maximum Gasteiger partial charge on any atom is 0.165 e. The standard InChI is InChI=1S/C30H29FO2/c1-20-5-7-22(8-6-20)30(4,24-13-16-26(32)17-14-24)23-11-9-21(10-12-23)29(2,3)25-15-18-28(33)27(31)19-25/h5-19,32-33H,1-4H3. The van der Waals surface area contributed by atoms with E-state index in [1.807, 2.05) is 26.0 Å². The van der Waals surface area contributed by atoms with Gasteiger partial charge in [0.2, 0.25) is 0 Å². The zero-order valence-corrected chi connectivity index (χ0v) is 19.4. The molecule has 0 aliphatic carbocycles. The third-order valence-corrected chi connectivity index (χ3v) is 6.93. The molecule has 0 saturated heterocycles. The fraction of sp³-hybridized carbons (Fsp3) is 0.200. The second-order valence-corrected chi connectivity index (χ2v) is 9.41. The van der Waals surface area contributed by atoms with E-state index >= 15 is 0 Å². The normalized spacial score (nSPS) is 13.5. The van der Waals surface area contributed by atoms with E-state index in [2.05, 4.69) is 62.4 Å². The Kier molecular flexibility index (Phi) is 5.75. The lowest BCUT2D eigenvalue weighted by Crippen LogP contribution is -2.26. The first kappa shape index (κ1) is 22.6. The molecule has 0 spiro atoms. The van der Waals surface area contributed by atoms with E-state index in [4.69, 9.17) is 0 Å². The minimum atomic E-state index is -0.614. The van der Waals surface area contributed by atoms with E-state index in [-0.39, 0.29) is 11.5 Å². The van der Waals surface area contributed by atoms with Crippen LogP contribution >= 0.6 is 0 Å². The number of phenolic OH excluding ortho intramolecular Hbond substituents is 2. The number of hydrogen-bond acceptors (Lipinski definition) is 2. The topological polar surface area (TPSA) is 40.5 Å². The predicted molar refractivity (Wildman–Crippen MR) is 131 cm³/mol. The van der Waals surface area contributed by atoms with E-state index < -0.39 is 16.6 Å². The maximum atomic E-state index is 14.0. The lowest BCUT2D eigenvalue weighted by Gasteiger charge is -2.33. The van der Waals surface area contributed by atoms with Gasteiger partial charge in [0.1, 0.15) is 5.75 Å². The summed E-state index contributed by atoms with van der Waals surface area (Å²) in [4.78, 5) is 0. The molecule has 0 radical (unpaired) electrons. The Bertz CT molecular complexity index is 1210. The van der Waals surface area contributed by atoms with Crippen molar-refractivity contribution in [2.45, 2.75) is 38.5 Å². The van der Waals surface area contributed by atoms with Crippen molar-refractivity contribution in [3.05, 3.63) is 130 Å². The van der Waals surface area contributed by atoms with E-state index in [9.17, 15) is 14.6 Å². The Labute approximate surface area is 195 Å². The van der Waals surface area contributed by atoms with Crippen molar-refractivity contribution < 1.29 is 14.6 Å². The molecular formula is C30H29FO2. The summed E-state index contributed by atoms with van der Waals surface area (Å²) in [6, 6.07) is 28.9. The van der Waals surface area contributed by atoms with Crippen molar-refractivity contribution in [2.24, 2.45) is 0 Å². The summed E-state index contributed by atoms with van der Waals surface area (Å²) in [5.41, 5.74) is 5.54. The van der Waals surface area contributed by atoms with E-state index in [0.717, 1.165) is 27.8 Å². The highest BCUT2D eigenvalue weighted by molar-refractivity contribution is 5.52. The molecule has 168 valence electrons. The van der Waals surface area contributed by atoms with Crippen LogP contribution in [0.4, 0.5) is 4.39 Å². The van der Waals surface area contributed by atoms with Crippen LogP contribution in [-0.2, 0) is 10.8 Å². The maximum absolute atomic E-state index is 14.0. The average Bonchev–Trinajstić information content (AvgIpc) is 2.81. The zero-order valence-electron chi connectivity index (χ0n) is 19.4. The number of rotatable bonds is 5. The molecule has 0 aliphatic heterocycles. The summed E-state index contributed by atoms with van der Waals surface area (Å²) in [7, 11) is 0. The molecular weight excluding hydrogens is 411 g/mol. The van der Waals surface area contributed by atoms with Crippen molar-refractivity contribution in [3.8, 4) is 11.5 Å². The van der Waals surface area contributed by atoms with Gasteiger partial charge in [0.25, 0.3) is 0 Å². The summed E-state index contributed by atoms with van der Waals surface area (Å²) in [6.07, 6.45) is 0. The average molecular weight is 441 g/mol. The third-order valence-electron chi connectivity index (χ3n) is 6.93. The molecule has 0 saturated carbocycles. The molecule has 1 atom stereocenters. The number of hydrogen-bond donors (Lipinski definition) is 2. The van der Waals surface area contributed by atoms with Gasteiger partial charge in [-0.15, -0.1) is 0 Å². The molecule has 0 fully saturated rings. The van der Waals surface area contributed by atoms with Crippen molar-refractivity contribution in [1.29, 1.82) is 0 Å². The Morgan fingerprint density at radius 2 is 1.00 bits per heavy atom. The van der Waals surface area contributed by atoms with Crippen LogP contribution < -0.4 is 0 Å². The van der Waals surface area contributed by atoms with Crippen molar-refractivity contribution in [2.75, 3.05) is 0 Å². The molecule has 1 unspecified atom stereocenters. The molecule has 4 aromatic carbocycles. The van der Waals surface area contributed by atoms with E-state index in [1.54, 1.807) is 18.2 Å². The monoisotopic (exact) mass is 440 g/mol. The van der Waals surface area contributed by atoms with Crippen LogP contribution in [-0.4, -0.2) is 10.2 Å². The van der Waals surface area contributed by atoms with Gasteiger partial charge in [-0.1, -0.05) is 86.1 Å². The van der Waals surface area contributed by atoms with Crippen molar-refractivity contribution in [1.82, 2.24) is 0 Å². The summed E-state index contributed by atoms with van der Waals surface area (Å²) in [5.74, 6) is -0.715. The Hall–Kier alpha value is -3.59. The molecule has 2 nitrogen and oxygen atoms in total. The van der Waals surface area contributed by atoms with E-state index in [1.165, 1.54) is 17.7 Å². The molecule has 2 N–H and O–H groups in total. The van der Waals surface area contributed by atoms with Gasteiger partial charge in [-0.2, -0.15) is 0 Å². The Morgan fingerprint density at radius 3 is 1.52 bits per heavy atom. The number of benzene rings is 4. The first-order chi connectivity index (χ1) is 15.6. The van der Waals surface area contributed by atoms with Crippen LogP contribution in [0.25, 0.3) is 0 Å². The summed E-state index contributed by atoms with van der Waals surface area (Å²) in [6.45, 7) is 8.37. The molecule has 0 heterocycles. The highest BCUT2D eigenvalue weighted by Crippen LogP contribution is 2.41.